The van der Waals surface area contributed by atoms with Crippen molar-refractivity contribution in [3.63, 3.8) is 0 Å². The molecule has 0 bridgehead atoms. The number of amides is 1. The van der Waals surface area contributed by atoms with Crippen molar-refractivity contribution in [1.82, 2.24) is 30.0 Å². The predicted molar refractivity (Wildman–Crippen MR) is 109 cm³/mol. The summed E-state index contributed by atoms with van der Waals surface area (Å²) < 4.78 is 7.03. The van der Waals surface area contributed by atoms with Gasteiger partial charge in [0, 0.05) is 18.7 Å². The molecular formula is C22H20N6O2. The van der Waals surface area contributed by atoms with Gasteiger partial charge in [0.25, 0.3) is 11.8 Å². The van der Waals surface area contributed by atoms with Crippen LogP contribution in [0.2, 0.25) is 0 Å². The zero-order chi connectivity index (χ0) is 20.7. The quantitative estimate of drug-likeness (QED) is 0.522. The van der Waals surface area contributed by atoms with Crippen LogP contribution in [0.3, 0.4) is 0 Å². The maximum Gasteiger partial charge on any atom is 0.281 e. The van der Waals surface area contributed by atoms with Crippen molar-refractivity contribution in [2.45, 2.75) is 26.9 Å². The maximum atomic E-state index is 13.3. The third-order valence-electron chi connectivity index (χ3n) is 5.33. The van der Waals surface area contributed by atoms with Gasteiger partial charge in [-0.2, -0.15) is 4.98 Å². The second-order valence-electron chi connectivity index (χ2n) is 7.46. The van der Waals surface area contributed by atoms with Crippen molar-refractivity contribution in [2.24, 2.45) is 0 Å². The molecule has 0 aliphatic carbocycles. The molecule has 0 fully saturated rings. The molecule has 3 heterocycles. The number of carbonyl (C=O) groups excluding carboxylic acids is 1. The molecule has 0 saturated carbocycles. The molecule has 2 aromatic heterocycles. The van der Waals surface area contributed by atoms with E-state index in [9.17, 15) is 4.79 Å². The zero-order valence-electron chi connectivity index (χ0n) is 16.7. The van der Waals surface area contributed by atoms with Crippen molar-refractivity contribution in [3.8, 4) is 23.0 Å². The monoisotopic (exact) mass is 400 g/mol. The number of fused-ring (bicyclic) bond motifs is 1. The van der Waals surface area contributed by atoms with Gasteiger partial charge in [0.1, 0.15) is 0 Å². The first-order valence-corrected chi connectivity index (χ1v) is 9.78. The summed E-state index contributed by atoms with van der Waals surface area (Å²) in [6.07, 6.45) is 0. The first kappa shape index (κ1) is 18.2. The predicted octanol–water partition coefficient (Wildman–Crippen LogP) is 3.27. The van der Waals surface area contributed by atoms with Crippen LogP contribution in [-0.2, 0) is 13.1 Å². The molecule has 150 valence electrons. The van der Waals surface area contributed by atoms with E-state index >= 15 is 0 Å². The molecular weight excluding hydrogens is 380 g/mol. The second-order valence-corrected chi connectivity index (χ2v) is 7.46. The van der Waals surface area contributed by atoms with Gasteiger partial charge in [0.05, 0.1) is 6.54 Å². The number of benzene rings is 2. The number of aryl methyl sites for hydroxylation is 2. The van der Waals surface area contributed by atoms with Gasteiger partial charge >= 0.3 is 0 Å². The van der Waals surface area contributed by atoms with E-state index in [1.807, 2.05) is 35.2 Å². The third kappa shape index (κ3) is 3.16. The van der Waals surface area contributed by atoms with Crippen LogP contribution in [0.25, 0.3) is 23.0 Å². The number of nitrogens with zero attached hydrogens (tertiary/aromatic N) is 6. The Balaban J connectivity index is 1.46. The standard InChI is InChI=1S/C22H20N6O2/c1-14-8-9-15(2)17(12-14)13-27-10-11-28-19(22(27)29)18(24-26-28)21-23-20(25-30-21)16-6-4-3-5-7-16/h3-9,12H,10-11,13H2,1-2H3. The van der Waals surface area contributed by atoms with E-state index in [0.717, 1.165) is 16.7 Å². The van der Waals surface area contributed by atoms with Gasteiger partial charge in [0.15, 0.2) is 11.4 Å². The van der Waals surface area contributed by atoms with Gasteiger partial charge in [-0.05, 0) is 25.0 Å². The number of hydrogen-bond donors (Lipinski definition) is 0. The van der Waals surface area contributed by atoms with Crippen LogP contribution < -0.4 is 0 Å². The van der Waals surface area contributed by atoms with Gasteiger partial charge in [-0.15, -0.1) is 5.10 Å². The zero-order valence-corrected chi connectivity index (χ0v) is 16.7. The van der Waals surface area contributed by atoms with Gasteiger partial charge in [0.2, 0.25) is 5.82 Å². The molecule has 8 heteroatoms. The van der Waals surface area contributed by atoms with Crippen molar-refractivity contribution in [1.29, 1.82) is 0 Å². The molecule has 0 unspecified atom stereocenters. The fourth-order valence-corrected chi connectivity index (χ4v) is 3.64. The summed E-state index contributed by atoms with van der Waals surface area (Å²) in [5.41, 5.74) is 5.00. The van der Waals surface area contributed by atoms with Gasteiger partial charge in [-0.25, -0.2) is 4.68 Å². The molecule has 0 spiro atoms. The number of hydrogen-bond acceptors (Lipinski definition) is 6. The van der Waals surface area contributed by atoms with Crippen molar-refractivity contribution >= 4 is 5.91 Å². The summed E-state index contributed by atoms with van der Waals surface area (Å²) in [6.45, 7) is 5.79. The largest absolute Gasteiger partial charge is 0.332 e. The Morgan fingerprint density at radius 1 is 1.07 bits per heavy atom. The first-order valence-electron chi connectivity index (χ1n) is 9.78. The lowest BCUT2D eigenvalue weighted by molar-refractivity contribution is 0.0683. The summed E-state index contributed by atoms with van der Waals surface area (Å²) in [7, 11) is 0. The number of rotatable bonds is 4. The smallest absolute Gasteiger partial charge is 0.281 e. The molecule has 1 aliphatic heterocycles. The Kier molecular flexibility index (Phi) is 4.39. The highest BCUT2D eigenvalue weighted by Crippen LogP contribution is 2.27. The highest BCUT2D eigenvalue weighted by molar-refractivity contribution is 5.98. The highest BCUT2D eigenvalue weighted by Gasteiger charge is 2.32. The van der Waals surface area contributed by atoms with Crippen LogP contribution >= 0.6 is 0 Å². The van der Waals surface area contributed by atoms with Crippen LogP contribution in [-0.4, -0.2) is 42.5 Å². The Morgan fingerprint density at radius 3 is 2.73 bits per heavy atom. The Hall–Kier alpha value is -3.81. The average Bonchev–Trinajstić information content (AvgIpc) is 3.41. The van der Waals surface area contributed by atoms with E-state index in [1.165, 1.54) is 5.56 Å². The second kappa shape index (κ2) is 7.22. The van der Waals surface area contributed by atoms with Gasteiger partial charge < -0.3 is 9.42 Å². The highest BCUT2D eigenvalue weighted by atomic mass is 16.5. The van der Waals surface area contributed by atoms with E-state index in [4.69, 9.17) is 4.52 Å². The molecule has 0 N–H and O–H groups in total. The molecule has 1 amide bonds. The molecule has 5 rings (SSSR count). The van der Waals surface area contributed by atoms with Crippen LogP contribution in [0, 0.1) is 13.8 Å². The molecule has 4 aromatic rings. The number of aromatic nitrogens is 5. The van der Waals surface area contributed by atoms with E-state index in [1.54, 1.807) is 4.68 Å². The van der Waals surface area contributed by atoms with Gasteiger partial charge in [-0.1, -0.05) is 64.5 Å². The molecule has 0 saturated heterocycles. The van der Waals surface area contributed by atoms with E-state index in [0.29, 0.717) is 36.8 Å². The lowest BCUT2D eigenvalue weighted by atomic mass is 10.0. The summed E-state index contributed by atoms with van der Waals surface area (Å²) in [5.74, 6) is 0.501. The Bertz CT molecular complexity index is 1230. The van der Waals surface area contributed by atoms with Crippen LogP contribution in [0.1, 0.15) is 27.2 Å². The summed E-state index contributed by atoms with van der Waals surface area (Å²) in [4.78, 5) is 19.5. The van der Waals surface area contributed by atoms with E-state index in [2.05, 4.69) is 52.5 Å². The Labute approximate surface area is 173 Å². The van der Waals surface area contributed by atoms with Crippen molar-refractivity contribution in [2.75, 3.05) is 6.54 Å². The van der Waals surface area contributed by atoms with Crippen LogP contribution in [0.5, 0.6) is 0 Å². The minimum absolute atomic E-state index is 0.137. The van der Waals surface area contributed by atoms with Gasteiger partial charge in [-0.3, -0.25) is 4.79 Å². The molecule has 0 radical (unpaired) electrons. The van der Waals surface area contributed by atoms with E-state index < -0.39 is 0 Å². The minimum Gasteiger partial charge on any atom is -0.332 e. The summed E-state index contributed by atoms with van der Waals surface area (Å²) >= 11 is 0. The molecule has 1 aliphatic rings. The lowest BCUT2D eigenvalue weighted by Crippen LogP contribution is -2.40. The van der Waals surface area contributed by atoms with Crippen molar-refractivity contribution < 1.29 is 9.32 Å². The SMILES string of the molecule is Cc1ccc(C)c(CN2CCn3nnc(-c4nc(-c5ccccc5)no4)c3C2=O)c1. The van der Waals surface area contributed by atoms with E-state index in [-0.39, 0.29) is 11.8 Å². The minimum atomic E-state index is -0.137. The topological polar surface area (TPSA) is 89.9 Å². The fraction of sp³-hybridized carbons (Fsp3) is 0.227. The summed E-state index contributed by atoms with van der Waals surface area (Å²) in [6, 6.07) is 15.8. The third-order valence-corrected chi connectivity index (χ3v) is 5.33. The van der Waals surface area contributed by atoms with Crippen molar-refractivity contribution in [3.05, 3.63) is 70.9 Å². The van der Waals surface area contributed by atoms with Crippen LogP contribution in [0.4, 0.5) is 0 Å². The average molecular weight is 400 g/mol. The molecule has 2 aromatic carbocycles. The fourth-order valence-electron chi connectivity index (χ4n) is 3.64. The Morgan fingerprint density at radius 2 is 1.90 bits per heavy atom. The lowest BCUT2D eigenvalue weighted by Gasteiger charge is -2.28. The van der Waals surface area contributed by atoms with Crippen LogP contribution in [0.15, 0.2) is 53.1 Å². The maximum absolute atomic E-state index is 13.3. The number of carbonyl (C=O) groups is 1. The molecule has 8 nitrogen and oxygen atoms in total. The molecule has 30 heavy (non-hydrogen) atoms. The molecule has 0 atom stereocenters. The first-order chi connectivity index (χ1) is 14.6. The normalized spacial score (nSPS) is 13.5. The summed E-state index contributed by atoms with van der Waals surface area (Å²) in [5, 5.41) is 12.3.